The maximum Gasteiger partial charge on any atom is -0.00881 e. The van der Waals surface area contributed by atoms with E-state index in [9.17, 15) is 0 Å². The second kappa shape index (κ2) is 7.07. The Morgan fingerprint density at radius 2 is 0.938 bits per heavy atom. The molecule has 4 aromatic carbocycles. The fraction of sp³-hybridized carbons (Fsp3) is 0.188. The Morgan fingerprint density at radius 1 is 0.500 bits per heavy atom. The Morgan fingerprint density at radius 3 is 1.38 bits per heavy atom. The molecule has 0 N–H and O–H groups in total. The number of benzene rings is 4. The van der Waals surface area contributed by atoms with Crippen LogP contribution >= 0.6 is 0 Å². The lowest BCUT2D eigenvalue weighted by molar-refractivity contribution is 1.28. The van der Waals surface area contributed by atoms with Crippen LogP contribution in [0.4, 0.5) is 0 Å². The summed E-state index contributed by atoms with van der Waals surface area (Å²) in [6.45, 7) is 9.06. The molecule has 0 aliphatic heterocycles. The van der Waals surface area contributed by atoms with Gasteiger partial charge in [0.2, 0.25) is 0 Å². The van der Waals surface area contributed by atoms with Crippen LogP contribution < -0.4 is 0 Å². The lowest BCUT2D eigenvalue weighted by atomic mass is 9.86. The van der Waals surface area contributed by atoms with Gasteiger partial charge in [-0.15, -0.1) is 0 Å². The van der Waals surface area contributed by atoms with Crippen LogP contribution in [-0.4, -0.2) is 0 Å². The van der Waals surface area contributed by atoms with Gasteiger partial charge in [0.05, 0.1) is 0 Å². The number of fused-ring (bicyclic) bond motifs is 3. The molecule has 0 nitrogen and oxygen atoms in total. The molecule has 6 rings (SSSR count). The van der Waals surface area contributed by atoms with Crippen molar-refractivity contribution in [1.29, 1.82) is 0 Å². The molecule has 32 heavy (non-hydrogen) atoms. The molecule has 0 fully saturated rings. The first-order chi connectivity index (χ1) is 15.5. The first-order valence-electron chi connectivity index (χ1n) is 11.6. The normalized spacial score (nSPS) is 13.8. The van der Waals surface area contributed by atoms with Crippen LogP contribution in [0.3, 0.4) is 0 Å². The monoisotopic (exact) mass is 412 g/mol. The van der Waals surface area contributed by atoms with E-state index in [4.69, 9.17) is 0 Å². The quantitative estimate of drug-likeness (QED) is 0.309. The summed E-state index contributed by atoms with van der Waals surface area (Å²) < 4.78 is 0. The van der Waals surface area contributed by atoms with Gasteiger partial charge in [-0.2, -0.15) is 0 Å². The summed E-state index contributed by atoms with van der Waals surface area (Å²) in [5, 5.41) is 2.72. The zero-order valence-electron chi connectivity index (χ0n) is 19.3. The van der Waals surface area contributed by atoms with Crippen LogP contribution in [0, 0.1) is 27.7 Å². The molecular weight excluding hydrogens is 384 g/mol. The standard InChI is InChI=1S/C32H28/c1-19-15-23-7-5-9-25(23)17-31(19)29-13-11-28-22(4)30(14-12-27(28)21(29)3)32-18-26-10-6-8-24(26)16-20(32)2/h5-6,9-18H,7-8H2,1-4H3. The van der Waals surface area contributed by atoms with E-state index in [1.165, 1.54) is 77.5 Å². The Bertz CT molecular complexity index is 1380. The highest BCUT2D eigenvalue weighted by Crippen LogP contribution is 2.39. The molecule has 0 heteroatoms. The van der Waals surface area contributed by atoms with E-state index in [2.05, 4.69) is 101 Å². The number of allylic oxidation sites excluding steroid dienone is 2. The van der Waals surface area contributed by atoms with Crippen LogP contribution in [0.15, 0.2) is 60.7 Å². The number of rotatable bonds is 2. The fourth-order valence-electron chi connectivity index (χ4n) is 5.73. The summed E-state index contributed by atoms with van der Waals surface area (Å²) in [6, 6.07) is 18.8. The summed E-state index contributed by atoms with van der Waals surface area (Å²) in [4.78, 5) is 0. The molecule has 0 bridgehead atoms. The molecule has 2 aliphatic carbocycles. The van der Waals surface area contributed by atoms with Crippen LogP contribution in [0.25, 0.3) is 45.2 Å². The maximum absolute atomic E-state index is 2.38. The highest BCUT2D eigenvalue weighted by molar-refractivity contribution is 5.98. The van der Waals surface area contributed by atoms with Gasteiger partial charge in [-0.05, 0) is 130 Å². The first kappa shape index (κ1) is 19.3. The predicted octanol–water partition coefficient (Wildman–Crippen LogP) is 8.55. The van der Waals surface area contributed by atoms with Crippen molar-refractivity contribution >= 4 is 22.9 Å². The molecule has 0 aromatic heterocycles. The van der Waals surface area contributed by atoms with E-state index in [1.54, 1.807) is 0 Å². The number of hydrogen-bond acceptors (Lipinski definition) is 0. The Kier molecular flexibility index (Phi) is 4.27. The smallest absolute Gasteiger partial charge is 0.00881 e. The molecule has 0 saturated heterocycles. The number of hydrogen-bond donors (Lipinski definition) is 0. The van der Waals surface area contributed by atoms with Gasteiger partial charge in [-0.3, -0.25) is 0 Å². The third-order valence-electron chi connectivity index (χ3n) is 7.56. The molecule has 2 aliphatic rings. The minimum atomic E-state index is 1.06. The topological polar surface area (TPSA) is 0 Å². The highest BCUT2D eigenvalue weighted by atomic mass is 14.2. The van der Waals surface area contributed by atoms with Gasteiger partial charge in [-0.1, -0.05) is 60.7 Å². The SMILES string of the molecule is Cc1cc2c(cc1-c1ccc3c(C)c(-c4cc5c(cc4C)CC=C5)ccc3c1C)C=CC2. The fourth-order valence-corrected chi connectivity index (χ4v) is 5.73. The van der Waals surface area contributed by atoms with E-state index >= 15 is 0 Å². The summed E-state index contributed by atoms with van der Waals surface area (Å²) in [5.41, 5.74) is 16.5. The first-order valence-corrected chi connectivity index (χ1v) is 11.6. The van der Waals surface area contributed by atoms with Gasteiger partial charge in [0.1, 0.15) is 0 Å². The van der Waals surface area contributed by atoms with Crippen LogP contribution in [-0.2, 0) is 12.8 Å². The Balaban J connectivity index is 1.52. The van der Waals surface area contributed by atoms with Gasteiger partial charge in [0.15, 0.2) is 0 Å². The summed E-state index contributed by atoms with van der Waals surface area (Å²) in [7, 11) is 0. The van der Waals surface area contributed by atoms with Crippen molar-refractivity contribution in [2.24, 2.45) is 0 Å². The van der Waals surface area contributed by atoms with Crippen molar-refractivity contribution < 1.29 is 0 Å². The van der Waals surface area contributed by atoms with Crippen molar-refractivity contribution in [3.63, 3.8) is 0 Å². The zero-order valence-corrected chi connectivity index (χ0v) is 19.3. The summed E-state index contributed by atoms with van der Waals surface area (Å²) >= 11 is 0. The van der Waals surface area contributed by atoms with E-state index < -0.39 is 0 Å². The van der Waals surface area contributed by atoms with Gasteiger partial charge in [0, 0.05) is 0 Å². The lowest BCUT2D eigenvalue weighted by Crippen LogP contribution is -1.95. The number of aryl methyl sites for hydroxylation is 4. The van der Waals surface area contributed by atoms with Crippen molar-refractivity contribution in [3.05, 3.63) is 105 Å². The average Bonchev–Trinajstić information content (AvgIpc) is 3.42. The molecule has 4 aromatic rings. The lowest BCUT2D eigenvalue weighted by Gasteiger charge is -2.18. The van der Waals surface area contributed by atoms with Gasteiger partial charge < -0.3 is 0 Å². The maximum atomic E-state index is 2.38. The third kappa shape index (κ3) is 2.83. The Hall–Kier alpha value is -3.38. The van der Waals surface area contributed by atoms with Crippen LogP contribution in [0.2, 0.25) is 0 Å². The average molecular weight is 413 g/mol. The molecule has 0 atom stereocenters. The second-order valence-electron chi connectivity index (χ2n) is 9.52. The molecule has 0 spiro atoms. The van der Waals surface area contributed by atoms with Crippen molar-refractivity contribution in [1.82, 2.24) is 0 Å². The highest BCUT2D eigenvalue weighted by Gasteiger charge is 2.16. The van der Waals surface area contributed by atoms with E-state index in [1.807, 2.05) is 0 Å². The van der Waals surface area contributed by atoms with Crippen molar-refractivity contribution in [3.8, 4) is 22.3 Å². The second-order valence-corrected chi connectivity index (χ2v) is 9.52. The van der Waals surface area contributed by atoms with E-state index in [0.717, 1.165) is 12.8 Å². The van der Waals surface area contributed by atoms with Crippen LogP contribution in [0.1, 0.15) is 44.5 Å². The molecule has 0 heterocycles. The summed E-state index contributed by atoms with van der Waals surface area (Å²) in [6.07, 6.45) is 11.2. The van der Waals surface area contributed by atoms with Crippen molar-refractivity contribution in [2.75, 3.05) is 0 Å². The zero-order chi connectivity index (χ0) is 22.0. The molecule has 0 saturated carbocycles. The Labute approximate surface area is 190 Å². The molecule has 156 valence electrons. The van der Waals surface area contributed by atoms with Crippen molar-refractivity contribution in [2.45, 2.75) is 40.5 Å². The third-order valence-corrected chi connectivity index (χ3v) is 7.56. The molecule has 0 amide bonds. The minimum Gasteiger partial charge on any atom is -0.0795 e. The largest absolute Gasteiger partial charge is 0.0795 e. The minimum absolute atomic E-state index is 1.06. The molecule has 0 radical (unpaired) electrons. The van der Waals surface area contributed by atoms with Gasteiger partial charge in [-0.25, -0.2) is 0 Å². The van der Waals surface area contributed by atoms with E-state index in [-0.39, 0.29) is 0 Å². The van der Waals surface area contributed by atoms with Crippen LogP contribution in [0.5, 0.6) is 0 Å². The van der Waals surface area contributed by atoms with Gasteiger partial charge in [0.25, 0.3) is 0 Å². The molecular formula is C32H28. The molecule has 0 unspecified atom stereocenters. The van der Waals surface area contributed by atoms with E-state index in [0.29, 0.717) is 0 Å². The predicted molar refractivity (Wildman–Crippen MR) is 139 cm³/mol. The van der Waals surface area contributed by atoms with Gasteiger partial charge >= 0.3 is 0 Å². The summed E-state index contributed by atoms with van der Waals surface area (Å²) in [5.74, 6) is 0.